The fraction of sp³-hybridized carbons (Fsp3) is 0.150. The van der Waals surface area contributed by atoms with Crippen molar-refractivity contribution in [2.45, 2.75) is 12.8 Å². The molecule has 0 aliphatic carbocycles. The fourth-order valence-corrected chi connectivity index (χ4v) is 3.57. The maximum Gasteiger partial charge on any atom is 0.138 e. The van der Waals surface area contributed by atoms with E-state index in [1.165, 1.54) is 32.3 Å². The molecule has 0 bridgehead atoms. The molecule has 22 heavy (non-hydrogen) atoms. The molecule has 108 valence electrons. The highest BCUT2D eigenvalue weighted by Gasteiger charge is 2.12. The molecule has 0 aromatic heterocycles. The molecule has 0 aliphatic heterocycles. The lowest BCUT2D eigenvalue weighted by Gasteiger charge is -2.13. The minimum atomic E-state index is 0.199. The molecule has 0 radical (unpaired) electrons. The van der Waals surface area contributed by atoms with Crippen LogP contribution in [0.25, 0.3) is 32.3 Å². The first kappa shape index (κ1) is 13.5. The predicted molar refractivity (Wildman–Crippen MR) is 94.2 cm³/mol. The third-order valence-electron chi connectivity index (χ3n) is 4.38. The van der Waals surface area contributed by atoms with Crippen LogP contribution in [0.5, 0.6) is 0 Å². The van der Waals surface area contributed by atoms with Crippen molar-refractivity contribution in [1.29, 1.82) is 0 Å². The maximum absolute atomic E-state index is 12.0. The van der Waals surface area contributed by atoms with Crippen molar-refractivity contribution >= 4 is 49.7 Å². The average Bonchev–Trinajstić information content (AvgIpc) is 2.54. The number of benzene rings is 4. The van der Waals surface area contributed by atoms with E-state index in [1.807, 2.05) is 0 Å². The molecule has 0 atom stereocenters. The minimum absolute atomic E-state index is 0.199. The summed E-state index contributed by atoms with van der Waals surface area (Å²) in [5.74, 6) is 0.593. The van der Waals surface area contributed by atoms with Crippen molar-refractivity contribution in [3.63, 3.8) is 0 Å². The molecule has 0 aliphatic rings. The van der Waals surface area contributed by atoms with Gasteiger partial charge in [-0.3, -0.25) is 4.79 Å². The Kier molecular flexibility index (Phi) is 3.24. The normalized spacial score (nSPS) is 11.7. The standard InChI is InChI=1S/C20H15ClO/c21-11-10-17(22)12-16-7-6-15-5-4-13-2-1-3-14-8-9-18(16)20(15)19(13)14/h1-9H,10-12H2. The Balaban J connectivity index is 2.02. The van der Waals surface area contributed by atoms with Gasteiger partial charge >= 0.3 is 0 Å². The SMILES string of the molecule is O=C(CCCl)Cc1ccc2ccc3cccc4ccc1c2c34. The molecule has 4 aromatic rings. The van der Waals surface area contributed by atoms with Gasteiger partial charge in [-0.15, -0.1) is 11.6 Å². The first-order valence-corrected chi connectivity index (χ1v) is 8.04. The lowest BCUT2D eigenvalue weighted by atomic mass is 9.90. The second kappa shape index (κ2) is 5.26. The largest absolute Gasteiger partial charge is 0.299 e. The molecule has 0 fully saturated rings. The Bertz CT molecular complexity index is 971. The third kappa shape index (κ3) is 2.05. The van der Waals surface area contributed by atoms with E-state index < -0.39 is 0 Å². The number of ketones is 1. The van der Waals surface area contributed by atoms with Crippen LogP contribution in [-0.2, 0) is 11.2 Å². The molecule has 1 nitrogen and oxygen atoms in total. The zero-order valence-corrected chi connectivity index (χ0v) is 12.9. The molecule has 0 saturated carbocycles. The van der Waals surface area contributed by atoms with Crippen LogP contribution in [0.2, 0.25) is 0 Å². The highest BCUT2D eigenvalue weighted by atomic mass is 35.5. The lowest BCUT2D eigenvalue weighted by Crippen LogP contribution is -2.03. The van der Waals surface area contributed by atoms with Gasteiger partial charge < -0.3 is 0 Å². The Morgan fingerprint density at radius 2 is 1.45 bits per heavy atom. The monoisotopic (exact) mass is 306 g/mol. The Morgan fingerprint density at radius 1 is 0.818 bits per heavy atom. The molecule has 2 heteroatoms. The van der Waals surface area contributed by atoms with Crippen molar-refractivity contribution in [3.8, 4) is 0 Å². The second-order valence-corrected chi connectivity index (χ2v) is 6.11. The van der Waals surface area contributed by atoms with E-state index >= 15 is 0 Å². The number of alkyl halides is 1. The second-order valence-electron chi connectivity index (χ2n) is 5.74. The van der Waals surface area contributed by atoms with E-state index in [4.69, 9.17) is 11.6 Å². The summed E-state index contributed by atoms with van der Waals surface area (Å²) in [6.07, 6.45) is 0.893. The lowest BCUT2D eigenvalue weighted by molar-refractivity contribution is -0.118. The van der Waals surface area contributed by atoms with Gasteiger partial charge in [0.25, 0.3) is 0 Å². The molecule has 4 aromatic carbocycles. The molecular formula is C20H15ClO. The van der Waals surface area contributed by atoms with Crippen LogP contribution < -0.4 is 0 Å². The van der Waals surface area contributed by atoms with Crippen LogP contribution in [0.4, 0.5) is 0 Å². The summed E-state index contributed by atoms with van der Waals surface area (Å²) < 4.78 is 0. The van der Waals surface area contributed by atoms with Crippen molar-refractivity contribution in [1.82, 2.24) is 0 Å². The molecule has 0 amide bonds. The van der Waals surface area contributed by atoms with E-state index in [0.29, 0.717) is 18.7 Å². The van der Waals surface area contributed by atoms with Crippen LogP contribution in [0, 0.1) is 0 Å². The van der Waals surface area contributed by atoms with Gasteiger partial charge in [-0.1, -0.05) is 54.6 Å². The maximum atomic E-state index is 12.0. The fourth-order valence-electron chi connectivity index (χ4n) is 3.36. The first-order valence-electron chi connectivity index (χ1n) is 7.51. The summed E-state index contributed by atoms with van der Waals surface area (Å²) in [5, 5.41) is 7.48. The zero-order valence-electron chi connectivity index (χ0n) is 12.1. The molecular weight excluding hydrogens is 292 g/mol. The van der Waals surface area contributed by atoms with Crippen molar-refractivity contribution < 1.29 is 4.79 Å². The molecule has 4 rings (SSSR count). The molecule has 0 spiro atoms. The van der Waals surface area contributed by atoms with Gasteiger partial charge in [0.05, 0.1) is 0 Å². The summed E-state index contributed by atoms with van der Waals surface area (Å²) in [5.41, 5.74) is 1.10. The van der Waals surface area contributed by atoms with Crippen LogP contribution in [0.15, 0.2) is 54.6 Å². The minimum Gasteiger partial charge on any atom is -0.299 e. The van der Waals surface area contributed by atoms with Gasteiger partial charge in [0.15, 0.2) is 0 Å². The smallest absolute Gasteiger partial charge is 0.138 e. The van der Waals surface area contributed by atoms with E-state index in [-0.39, 0.29) is 5.78 Å². The molecule has 0 N–H and O–H groups in total. The van der Waals surface area contributed by atoms with Crippen molar-refractivity contribution in [2.75, 3.05) is 5.88 Å². The number of carbonyl (C=O) groups is 1. The first-order chi connectivity index (χ1) is 10.8. The van der Waals surface area contributed by atoms with E-state index in [0.717, 1.165) is 5.56 Å². The Morgan fingerprint density at radius 3 is 2.18 bits per heavy atom. The summed E-state index contributed by atoms with van der Waals surface area (Å²) >= 11 is 5.68. The average molecular weight is 307 g/mol. The highest BCUT2D eigenvalue weighted by Crippen LogP contribution is 2.36. The van der Waals surface area contributed by atoms with Crippen LogP contribution in [0.1, 0.15) is 12.0 Å². The summed E-state index contributed by atoms with van der Waals surface area (Å²) in [4.78, 5) is 12.0. The number of rotatable bonds is 4. The predicted octanol–water partition coefficient (Wildman–Crippen LogP) is 5.32. The molecule has 0 unspecified atom stereocenters. The van der Waals surface area contributed by atoms with Gasteiger partial charge in [0, 0.05) is 18.7 Å². The number of halogens is 1. The Hall–Kier alpha value is -2.12. The number of Topliss-reactive ketones (excluding diaryl/α,β-unsaturated/α-hetero) is 1. The number of hydrogen-bond acceptors (Lipinski definition) is 1. The van der Waals surface area contributed by atoms with Crippen LogP contribution in [-0.4, -0.2) is 11.7 Å². The van der Waals surface area contributed by atoms with Gasteiger partial charge in [-0.25, -0.2) is 0 Å². The topological polar surface area (TPSA) is 17.1 Å². The quantitative estimate of drug-likeness (QED) is 0.368. The van der Waals surface area contributed by atoms with Crippen molar-refractivity contribution in [3.05, 3.63) is 60.2 Å². The zero-order chi connectivity index (χ0) is 15.1. The molecule has 0 saturated heterocycles. The third-order valence-corrected chi connectivity index (χ3v) is 4.57. The van der Waals surface area contributed by atoms with E-state index in [2.05, 4.69) is 54.6 Å². The van der Waals surface area contributed by atoms with Crippen molar-refractivity contribution in [2.24, 2.45) is 0 Å². The summed E-state index contributed by atoms with van der Waals surface area (Å²) in [7, 11) is 0. The van der Waals surface area contributed by atoms with Gasteiger partial charge in [0.2, 0.25) is 0 Å². The number of carbonyl (C=O) groups excluding carboxylic acids is 1. The number of hydrogen-bond donors (Lipinski definition) is 0. The Labute approximate surface area is 133 Å². The van der Waals surface area contributed by atoms with E-state index in [9.17, 15) is 4.79 Å². The van der Waals surface area contributed by atoms with E-state index in [1.54, 1.807) is 0 Å². The van der Waals surface area contributed by atoms with Gasteiger partial charge in [-0.2, -0.15) is 0 Å². The van der Waals surface area contributed by atoms with Crippen LogP contribution >= 0.6 is 11.6 Å². The molecule has 0 heterocycles. The van der Waals surface area contributed by atoms with Crippen LogP contribution in [0.3, 0.4) is 0 Å². The summed E-state index contributed by atoms with van der Waals surface area (Å²) in [6, 6.07) is 19.2. The highest BCUT2D eigenvalue weighted by molar-refractivity contribution is 6.23. The van der Waals surface area contributed by atoms with Gasteiger partial charge in [-0.05, 0) is 37.9 Å². The summed E-state index contributed by atoms with van der Waals surface area (Å²) in [6.45, 7) is 0. The van der Waals surface area contributed by atoms with Gasteiger partial charge in [0.1, 0.15) is 5.78 Å².